The highest BCUT2D eigenvalue weighted by molar-refractivity contribution is 5.75. The summed E-state index contributed by atoms with van der Waals surface area (Å²) >= 11 is 0. The topological polar surface area (TPSA) is 48.0 Å². The van der Waals surface area contributed by atoms with E-state index in [0.29, 0.717) is 54.5 Å². The number of halogens is 6. The second-order valence-electron chi connectivity index (χ2n) is 10.4. The van der Waals surface area contributed by atoms with Crippen molar-refractivity contribution in [1.82, 2.24) is 4.90 Å². The Morgan fingerprint density at radius 2 is 1.76 bits per heavy atom. The number of fused-ring (bicyclic) bond motifs is 1. The fourth-order valence-corrected chi connectivity index (χ4v) is 4.92. The van der Waals surface area contributed by atoms with Gasteiger partial charge in [0.2, 0.25) is 0 Å². The van der Waals surface area contributed by atoms with Crippen molar-refractivity contribution in [3.63, 3.8) is 0 Å². The lowest BCUT2D eigenvalue weighted by atomic mass is 9.92. The molecule has 2 heterocycles. The highest BCUT2D eigenvalue weighted by atomic mass is 19.4. The molecule has 2 fully saturated rings. The van der Waals surface area contributed by atoms with E-state index < -0.39 is 35.1 Å². The van der Waals surface area contributed by atoms with Gasteiger partial charge < -0.3 is 14.2 Å². The number of nitrogens with zero attached hydrogens (tertiary/aromatic N) is 1. The van der Waals surface area contributed by atoms with Gasteiger partial charge in [0.25, 0.3) is 0 Å². The molecule has 2 aromatic carbocycles. The maximum absolute atomic E-state index is 13.4. The normalized spacial score (nSPS) is 21.1. The van der Waals surface area contributed by atoms with Crippen LogP contribution in [0.3, 0.4) is 0 Å². The van der Waals surface area contributed by atoms with Crippen LogP contribution in [0.15, 0.2) is 36.4 Å². The van der Waals surface area contributed by atoms with Crippen LogP contribution in [0, 0.1) is 17.8 Å². The zero-order valence-electron chi connectivity index (χ0n) is 20.6. The molecule has 2 aromatic rings. The van der Waals surface area contributed by atoms with Crippen LogP contribution in [0.1, 0.15) is 42.9 Å². The van der Waals surface area contributed by atoms with Crippen LogP contribution in [0.5, 0.6) is 17.2 Å². The summed E-state index contributed by atoms with van der Waals surface area (Å²) < 4.78 is 96.8. The van der Waals surface area contributed by atoms with Crippen LogP contribution in [0.2, 0.25) is 0 Å². The first kappa shape index (κ1) is 26.6. The number of ether oxygens (including phenoxy) is 3. The molecule has 2 unspecified atom stereocenters. The van der Waals surface area contributed by atoms with E-state index in [4.69, 9.17) is 14.2 Å². The van der Waals surface area contributed by atoms with E-state index >= 15 is 0 Å². The number of benzene rings is 2. The Bertz CT molecular complexity index is 1190. The molecule has 38 heavy (non-hydrogen) atoms. The molecule has 206 valence electrons. The number of carbonyl (C=O) groups is 1. The smallest absolute Gasteiger partial charge is 0.416 e. The molecule has 0 radical (unpaired) electrons. The van der Waals surface area contributed by atoms with Crippen molar-refractivity contribution in [2.45, 2.75) is 51.2 Å². The molecule has 1 aliphatic carbocycles. The summed E-state index contributed by atoms with van der Waals surface area (Å²) in [6.07, 6.45) is -6.81. The summed E-state index contributed by atoms with van der Waals surface area (Å²) in [4.78, 5) is 14.0. The van der Waals surface area contributed by atoms with Gasteiger partial charge in [-0.1, -0.05) is 19.8 Å². The highest BCUT2D eigenvalue weighted by Crippen LogP contribution is 2.41. The third-order valence-corrected chi connectivity index (χ3v) is 7.24. The quantitative estimate of drug-likeness (QED) is 0.232. The number of likely N-dealkylation sites (tertiary alicyclic amines) is 1. The van der Waals surface area contributed by atoms with E-state index in [1.165, 1.54) is 0 Å². The third-order valence-electron chi connectivity index (χ3n) is 7.24. The SMILES string of the molecule is CC(CC1CC1)C(=O)Oc1ccc2c(c1)OC(C1CN(Cc3cc(C(F)(F)F)ccc3C(F)(F)F)C1)CO2. The van der Waals surface area contributed by atoms with E-state index in [9.17, 15) is 31.1 Å². The molecule has 5 rings (SSSR count). The molecular formula is C27H27F6NO4. The Hall–Kier alpha value is -2.95. The Labute approximate surface area is 215 Å². The summed E-state index contributed by atoms with van der Waals surface area (Å²) in [5, 5.41) is 0. The molecule has 0 spiro atoms. The predicted octanol–water partition coefficient (Wildman–Crippen LogP) is 6.34. The number of carbonyl (C=O) groups excluding carboxylic acids is 1. The Kier molecular flexibility index (Phi) is 7.00. The van der Waals surface area contributed by atoms with Crippen LogP contribution in [0.25, 0.3) is 0 Å². The number of alkyl halides is 6. The van der Waals surface area contributed by atoms with Gasteiger partial charge in [0.05, 0.1) is 17.0 Å². The lowest BCUT2D eigenvalue weighted by Crippen LogP contribution is -2.55. The molecule has 11 heteroatoms. The molecule has 3 aliphatic rings. The van der Waals surface area contributed by atoms with Crippen LogP contribution >= 0.6 is 0 Å². The van der Waals surface area contributed by atoms with Crippen molar-refractivity contribution >= 4 is 5.97 Å². The van der Waals surface area contributed by atoms with Gasteiger partial charge in [-0.2, -0.15) is 26.3 Å². The minimum atomic E-state index is -4.76. The fraction of sp³-hybridized carbons (Fsp3) is 0.519. The number of hydrogen-bond donors (Lipinski definition) is 0. The zero-order valence-corrected chi connectivity index (χ0v) is 20.6. The largest absolute Gasteiger partial charge is 0.486 e. The average Bonchev–Trinajstić information content (AvgIpc) is 3.63. The van der Waals surface area contributed by atoms with Gasteiger partial charge in [-0.05, 0) is 48.2 Å². The first-order valence-electron chi connectivity index (χ1n) is 12.5. The maximum atomic E-state index is 13.4. The molecular weight excluding hydrogens is 516 g/mol. The molecule has 0 N–H and O–H groups in total. The van der Waals surface area contributed by atoms with Crippen LogP contribution in [-0.4, -0.2) is 36.7 Å². The van der Waals surface area contributed by atoms with Crippen molar-refractivity contribution in [2.24, 2.45) is 17.8 Å². The maximum Gasteiger partial charge on any atom is 0.416 e. The van der Waals surface area contributed by atoms with E-state index in [1.54, 1.807) is 23.1 Å². The van der Waals surface area contributed by atoms with Crippen LogP contribution in [0.4, 0.5) is 26.3 Å². The van der Waals surface area contributed by atoms with Crippen molar-refractivity contribution in [2.75, 3.05) is 19.7 Å². The number of esters is 1. The van der Waals surface area contributed by atoms with Crippen LogP contribution < -0.4 is 14.2 Å². The summed E-state index contributed by atoms with van der Waals surface area (Å²) in [7, 11) is 0. The molecule has 1 saturated heterocycles. The van der Waals surface area contributed by atoms with Gasteiger partial charge in [-0.15, -0.1) is 0 Å². The first-order chi connectivity index (χ1) is 17.9. The lowest BCUT2D eigenvalue weighted by Gasteiger charge is -2.44. The van der Waals surface area contributed by atoms with Crippen molar-refractivity contribution in [3.8, 4) is 17.2 Å². The Morgan fingerprint density at radius 1 is 1.03 bits per heavy atom. The van der Waals surface area contributed by atoms with Crippen molar-refractivity contribution < 1.29 is 45.3 Å². The van der Waals surface area contributed by atoms with E-state index in [0.717, 1.165) is 19.3 Å². The summed E-state index contributed by atoms with van der Waals surface area (Å²) in [5.41, 5.74) is -2.61. The fourth-order valence-electron chi connectivity index (χ4n) is 4.92. The molecule has 2 aliphatic heterocycles. The summed E-state index contributed by atoms with van der Waals surface area (Å²) in [5.74, 6) is 1.20. The molecule has 0 amide bonds. The minimum absolute atomic E-state index is 0.0898. The van der Waals surface area contributed by atoms with Crippen LogP contribution in [-0.2, 0) is 23.7 Å². The Balaban J connectivity index is 1.19. The van der Waals surface area contributed by atoms with Gasteiger partial charge in [0.1, 0.15) is 18.5 Å². The van der Waals surface area contributed by atoms with E-state index in [-0.39, 0.29) is 31.0 Å². The highest BCUT2D eigenvalue weighted by Gasteiger charge is 2.41. The van der Waals surface area contributed by atoms with Gasteiger partial charge in [-0.25, -0.2) is 0 Å². The molecule has 5 nitrogen and oxygen atoms in total. The third kappa shape index (κ3) is 6.03. The Morgan fingerprint density at radius 3 is 2.42 bits per heavy atom. The molecule has 1 saturated carbocycles. The molecule has 2 atom stereocenters. The summed E-state index contributed by atoms with van der Waals surface area (Å²) in [6, 6.07) is 6.37. The second-order valence-corrected chi connectivity index (χ2v) is 10.4. The molecule has 0 aromatic heterocycles. The minimum Gasteiger partial charge on any atom is -0.486 e. The van der Waals surface area contributed by atoms with Gasteiger partial charge in [0, 0.05) is 31.6 Å². The number of rotatable bonds is 7. The van der Waals surface area contributed by atoms with E-state index in [1.807, 2.05) is 6.92 Å². The second kappa shape index (κ2) is 9.98. The van der Waals surface area contributed by atoms with Gasteiger partial charge in [-0.3, -0.25) is 9.69 Å². The predicted molar refractivity (Wildman–Crippen MR) is 124 cm³/mol. The monoisotopic (exact) mass is 543 g/mol. The lowest BCUT2D eigenvalue weighted by molar-refractivity contribution is -0.142. The van der Waals surface area contributed by atoms with Crippen molar-refractivity contribution in [3.05, 3.63) is 53.1 Å². The first-order valence-corrected chi connectivity index (χ1v) is 12.5. The molecule has 0 bridgehead atoms. The standard InChI is InChI=1S/C27H27F6NO4/c1-15(8-16-2-3-16)25(35)37-20-5-7-22-23(10-20)38-24(14-36-22)18-12-34(13-18)11-17-9-19(26(28,29)30)4-6-21(17)27(31,32)33/h4-7,9-10,15-16,18,24H,2-3,8,11-14H2,1H3. The average molecular weight is 544 g/mol. The van der Waals surface area contributed by atoms with E-state index in [2.05, 4.69) is 0 Å². The van der Waals surface area contributed by atoms with Gasteiger partial charge >= 0.3 is 18.3 Å². The summed E-state index contributed by atoms with van der Waals surface area (Å²) in [6.45, 7) is 2.47. The van der Waals surface area contributed by atoms with Gasteiger partial charge in [0.15, 0.2) is 11.5 Å². The number of hydrogen-bond acceptors (Lipinski definition) is 5. The van der Waals surface area contributed by atoms with Crippen molar-refractivity contribution in [1.29, 1.82) is 0 Å². The zero-order chi connectivity index (χ0) is 27.2.